The Bertz CT molecular complexity index is 1610. The number of nitrogens with one attached hydrogen (secondary N) is 1. The van der Waals surface area contributed by atoms with Crippen LogP contribution in [0.2, 0.25) is 0 Å². The summed E-state index contributed by atoms with van der Waals surface area (Å²) in [4.78, 5) is 55.7. The number of aromatic amines is 1. The summed E-state index contributed by atoms with van der Waals surface area (Å²) in [6.45, 7) is 4.82. The molecule has 0 radical (unpaired) electrons. The summed E-state index contributed by atoms with van der Waals surface area (Å²) in [6, 6.07) is 8.72. The minimum atomic E-state index is -0.518. The van der Waals surface area contributed by atoms with Gasteiger partial charge in [-0.1, -0.05) is 13.8 Å². The molecule has 1 aliphatic rings. The zero-order chi connectivity index (χ0) is 24.7. The highest BCUT2D eigenvalue weighted by molar-refractivity contribution is 6.01. The topological polar surface area (TPSA) is 138 Å². The van der Waals surface area contributed by atoms with Gasteiger partial charge in [0, 0.05) is 43.0 Å². The van der Waals surface area contributed by atoms with Crippen LogP contribution in [0, 0.1) is 17.2 Å². The average molecular weight is 470 g/mol. The molecule has 4 aromatic rings. The molecule has 10 heteroatoms. The molecule has 5 rings (SSSR count). The van der Waals surface area contributed by atoms with Crippen molar-refractivity contribution in [2.75, 3.05) is 13.1 Å². The molecule has 0 spiro atoms. The van der Waals surface area contributed by atoms with Gasteiger partial charge in [-0.3, -0.25) is 24.1 Å². The molecule has 1 N–H and O–H groups in total. The number of likely N-dealkylation sites (tertiary alicyclic amines) is 1. The lowest BCUT2D eigenvalue weighted by molar-refractivity contribution is -0.135. The molecule has 176 valence electrons. The van der Waals surface area contributed by atoms with E-state index in [4.69, 9.17) is 10.2 Å². The van der Waals surface area contributed by atoms with Crippen LogP contribution in [0.1, 0.15) is 38.4 Å². The van der Waals surface area contributed by atoms with Crippen molar-refractivity contribution in [2.45, 2.75) is 32.7 Å². The van der Waals surface area contributed by atoms with Crippen molar-refractivity contribution in [3.8, 4) is 17.3 Å². The fourth-order valence-electron chi connectivity index (χ4n) is 4.62. The van der Waals surface area contributed by atoms with Gasteiger partial charge in [0.25, 0.3) is 5.56 Å². The molecule has 5 heterocycles. The molecule has 0 aliphatic carbocycles. The number of fused-ring (bicyclic) bond motifs is 3. The Labute approximate surface area is 199 Å². The number of hydrogen-bond acceptors (Lipinski definition) is 7. The normalized spacial score (nSPS) is 14.5. The van der Waals surface area contributed by atoms with Crippen LogP contribution in [0.25, 0.3) is 33.2 Å². The van der Waals surface area contributed by atoms with E-state index in [0.29, 0.717) is 59.4 Å². The Kier molecular flexibility index (Phi) is 5.61. The molecule has 4 aromatic heterocycles. The van der Waals surface area contributed by atoms with E-state index in [9.17, 15) is 14.4 Å². The van der Waals surface area contributed by atoms with Crippen LogP contribution >= 0.6 is 0 Å². The maximum Gasteiger partial charge on any atom is 0.329 e. The van der Waals surface area contributed by atoms with Crippen molar-refractivity contribution in [3.05, 3.63) is 63.2 Å². The van der Waals surface area contributed by atoms with E-state index in [1.165, 1.54) is 6.20 Å². The largest absolute Gasteiger partial charge is 0.342 e. The fraction of sp³-hybridized carbons (Fsp3) is 0.320. The highest BCUT2D eigenvalue weighted by Crippen LogP contribution is 2.29. The van der Waals surface area contributed by atoms with Crippen LogP contribution in [0.5, 0.6) is 0 Å². The Balaban J connectivity index is 1.66. The van der Waals surface area contributed by atoms with Crippen LogP contribution in [0.15, 0.2) is 46.2 Å². The monoisotopic (exact) mass is 469 g/mol. The molecule has 1 saturated heterocycles. The third kappa shape index (κ3) is 3.95. The molecular weight excluding hydrogens is 446 g/mol. The Morgan fingerprint density at radius 1 is 1.11 bits per heavy atom. The Hall–Kier alpha value is -4.39. The molecule has 35 heavy (non-hydrogen) atoms. The second kappa shape index (κ2) is 8.76. The Morgan fingerprint density at radius 2 is 1.89 bits per heavy atom. The number of pyridine rings is 3. The van der Waals surface area contributed by atoms with E-state index in [-0.39, 0.29) is 23.3 Å². The first kappa shape index (κ1) is 22.4. The lowest BCUT2D eigenvalue weighted by atomic mass is 10.0. The maximum atomic E-state index is 13.1. The van der Waals surface area contributed by atoms with Gasteiger partial charge in [0.15, 0.2) is 0 Å². The number of hydrogen-bond donors (Lipinski definition) is 1. The van der Waals surface area contributed by atoms with Crippen LogP contribution in [-0.2, 0) is 4.79 Å². The second-order valence-corrected chi connectivity index (χ2v) is 8.97. The van der Waals surface area contributed by atoms with Crippen molar-refractivity contribution in [2.24, 2.45) is 5.92 Å². The van der Waals surface area contributed by atoms with Gasteiger partial charge in [0.05, 0.1) is 22.1 Å². The van der Waals surface area contributed by atoms with E-state index in [1.54, 1.807) is 35.0 Å². The lowest BCUT2D eigenvalue weighted by Gasteiger charge is -2.34. The summed E-state index contributed by atoms with van der Waals surface area (Å²) in [6.07, 6.45) is 4.20. The summed E-state index contributed by atoms with van der Waals surface area (Å²) >= 11 is 0. The van der Waals surface area contributed by atoms with Crippen LogP contribution < -0.4 is 11.2 Å². The summed E-state index contributed by atoms with van der Waals surface area (Å²) in [5.74, 6) is 0.0108. The summed E-state index contributed by atoms with van der Waals surface area (Å²) in [5.41, 5.74) is 1.97. The van der Waals surface area contributed by atoms with Gasteiger partial charge in [-0.2, -0.15) is 5.26 Å². The molecule has 1 fully saturated rings. The molecule has 1 amide bonds. The molecule has 10 nitrogen and oxygen atoms in total. The zero-order valence-electron chi connectivity index (χ0n) is 19.4. The third-order valence-corrected chi connectivity index (χ3v) is 6.42. The van der Waals surface area contributed by atoms with Crippen molar-refractivity contribution in [1.82, 2.24) is 29.4 Å². The maximum absolute atomic E-state index is 13.1. The summed E-state index contributed by atoms with van der Waals surface area (Å²) in [5, 5.41) is 9.29. The predicted molar refractivity (Wildman–Crippen MR) is 130 cm³/mol. The van der Waals surface area contributed by atoms with Gasteiger partial charge in [-0.15, -0.1) is 0 Å². The molecular formula is C25H23N7O3. The fourth-order valence-corrected chi connectivity index (χ4v) is 4.62. The highest BCUT2D eigenvalue weighted by atomic mass is 16.2. The highest BCUT2D eigenvalue weighted by Gasteiger charge is 2.28. The second-order valence-electron chi connectivity index (χ2n) is 8.97. The van der Waals surface area contributed by atoms with E-state index in [2.05, 4.69) is 15.0 Å². The predicted octanol–water partition coefficient (Wildman–Crippen LogP) is 2.39. The molecule has 0 saturated carbocycles. The minimum Gasteiger partial charge on any atom is -0.342 e. The number of nitriles is 1. The standard InChI is InChI=1S/C25H23N7O3/c1-14(2)24(34)31-9-7-17(8-10-31)32-22-18(23(33)30-25(32)35)13-28-20-6-5-19(29-21(20)22)15-3-4-16(11-26)27-12-15/h3-6,12-14,17H,7-10H2,1-2H3,(H,30,33,35). The molecule has 0 atom stereocenters. The molecule has 1 aliphatic heterocycles. The van der Waals surface area contributed by atoms with Crippen LogP contribution in [0.3, 0.4) is 0 Å². The number of amides is 1. The summed E-state index contributed by atoms with van der Waals surface area (Å²) < 4.78 is 1.60. The van der Waals surface area contributed by atoms with Gasteiger partial charge in [0.2, 0.25) is 5.91 Å². The van der Waals surface area contributed by atoms with Gasteiger partial charge >= 0.3 is 5.69 Å². The first-order valence-corrected chi connectivity index (χ1v) is 11.5. The SMILES string of the molecule is CC(C)C(=O)N1CCC(n2c(=O)[nH]c(=O)c3cnc4ccc(-c5ccc(C#N)nc5)nc4c32)CC1. The van der Waals surface area contributed by atoms with Crippen LogP contribution in [0.4, 0.5) is 0 Å². The number of piperidine rings is 1. The van der Waals surface area contributed by atoms with Crippen molar-refractivity contribution >= 4 is 27.8 Å². The molecule has 0 aromatic carbocycles. The van der Waals surface area contributed by atoms with Crippen molar-refractivity contribution in [3.63, 3.8) is 0 Å². The van der Waals surface area contributed by atoms with Crippen molar-refractivity contribution in [1.29, 1.82) is 5.26 Å². The van der Waals surface area contributed by atoms with Gasteiger partial charge in [-0.05, 0) is 37.1 Å². The molecule has 0 unspecified atom stereocenters. The van der Waals surface area contributed by atoms with E-state index >= 15 is 0 Å². The Morgan fingerprint density at radius 3 is 2.54 bits per heavy atom. The van der Waals surface area contributed by atoms with Gasteiger partial charge in [0.1, 0.15) is 17.3 Å². The summed E-state index contributed by atoms with van der Waals surface area (Å²) in [7, 11) is 0. The van der Waals surface area contributed by atoms with E-state index < -0.39 is 11.2 Å². The zero-order valence-corrected chi connectivity index (χ0v) is 19.4. The first-order chi connectivity index (χ1) is 16.9. The number of H-pyrrole nitrogens is 1. The number of carbonyl (C=O) groups excluding carboxylic acids is 1. The number of carbonyl (C=O) groups is 1. The van der Waals surface area contributed by atoms with Crippen LogP contribution in [-0.4, -0.2) is 48.4 Å². The van der Waals surface area contributed by atoms with Crippen molar-refractivity contribution < 1.29 is 4.79 Å². The minimum absolute atomic E-state index is 0.0856. The average Bonchev–Trinajstić information content (AvgIpc) is 2.88. The lowest BCUT2D eigenvalue weighted by Crippen LogP contribution is -2.43. The number of aromatic nitrogens is 5. The molecule has 0 bridgehead atoms. The van der Waals surface area contributed by atoms with Gasteiger partial charge in [-0.25, -0.2) is 14.8 Å². The van der Waals surface area contributed by atoms with Gasteiger partial charge < -0.3 is 4.90 Å². The first-order valence-electron chi connectivity index (χ1n) is 11.5. The number of nitrogens with zero attached hydrogens (tertiary/aromatic N) is 6. The quantitative estimate of drug-likeness (QED) is 0.455. The van der Waals surface area contributed by atoms with E-state index in [1.807, 2.05) is 24.8 Å². The van der Waals surface area contributed by atoms with E-state index in [0.717, 1.165) is 0 Å². The third-order valence-electron chi connectivity index (χ3n) is 6.42. The number of rotatable bonds is 3. The smallest absolute Gasteiger partial charge is 0.329 e.